The van der Waals surface area contributed by atoms with Crippen molar-refractivity contribution in [3.8, 4) is 5.75 Å². The summed E-state index contributed by atoms with van der Waals surface area (Å²) >= 11 is 1.48. The van der Waals surface area contributed by atoms with Crippen molar-refractivity contribution >= 4 is 11.8 Å². The molecule has 2 N–H and O–H groups in total. The highest BCUT2D eigenvalue weighted by Gasteiger charge is 2.01. The maximum Gasteiger partial charge on any atom is 0.129 e. The van der Waals surface area contributed by atoms with Crippen molar-refractivity contribution in [2.24, 2.45) is 0 Å². The molecule has 1 aromatic carbocycles. The zero-order valence-electron chi connectivity index (χ0n) is 6.77. The molecule has 0 aliphatic carbocycles. The number of hydrogen-bond donors (Lipinski definition) is 2. The fourth-order valence-electron chi connectivity index (χ4n) is 0.965. The van der Waals surface area contributed by atoms with E-state index in [-0.39, 0.29) is 0 Å². The highest BCUT2D eigenvalue weighted by Crippen LogP contribution is 2.32. The first-order chi connectivity index (χ1) is 6.36. The van der Waals surface area contributed by atoms with E-state index in [9.17, 15) is 5.11 Å². The van der Waals surface area contributed by atoms with Crippen LogP contribution in [0.1, 0.15) is 0 Å². The molecule has 0 unspecified atom stereocenters. The van der Waals surface area contributed by atoms with Gasteiger partial charge >= 0.3 is 0 Å². The Morgan fingerprint density at radius 3 is 2.85 bits per heavy atom. The van der Waals surface area contributed by atoms with Gasteiger partial charge in [0.05, 0.1) is 16.0 Å². The summed E-state index contributed by atoms with van der Waals surface area (Å²) in [7, 11) is 0. The molecule has 0 saturated heterocycles. The summed E-state index contributed by atoms with van der Waals surface area (Å²) in [5.41, 5.74) is 0. The van der Waals surface area contributed by atoms with E-state index in [2.05, 4.69) is 10.2 Å². The van der Waals surface area contributed by atoms with E-state index in [4.69, 9.17) is 0 Å². The number of aromatic nitrogens is 2. The number of phenolic OH excluding ortho intramolecular Hbond substituents is 1. The average molecular weight is 192 g/mol. The Bertz CT molecular complexity index is 386. The summed E-state index contributed by atoms with van der Waals surface area (Å²) in [5.74, 6) is 0.300. The third-order valence-corrected chi connectivity index (χ3v) is 2.59. The lowest BCUT2D eigenvalue weighted by atomic mass is 10.3. The molecule has 0 aliphatic rings. The molecular formula is C9H8N2OS. The van der Waals surface area contributed by atoms with E-state index in [0.29, 0.717) is 5.75 Å². The average Bonchev–Trinajstić information content (AvgIpc) is 2.61. The van der Waals surface area contributed by atoms with Crippen molar-refractivity contribution in [3.05, 3.63) is 36.7 Å². The maximum atomic E-state index is 9.46. The number of rotatable bonds is 2. The van der Waals surface area contributed by atoms with Crippen LogP contribution in [-0.2, 0) is 0 Å². The first kappa shape index (κ1) is 8.19. The van der Waals surface area contributed by atoms with Crippen LogP contribution in [0.15, 0.2) is 46.5 Å². The molecule has 0 spiro atoms. The first-order valence-corrected chi connectivity index (χ1v) is 4.62. The first-order valence-electron chi connectivity index (χ1n) is 3.81. The van der Waals surface area contributed by atoms with E-state index in [1.54, 1.807) is 24.5 Å². The lowest BCUT2D eigenvalue weighted by molar-refractivity contribution is 0.462. The lowest BCUT2D eigenvalue weighted by Crippen LogP contribution is -1.71. The normalized spacial score (nSPS) is 10.2. The van der Waals surface area contributed by atoms with Crippen molar-refractivity contribution in [2.75, 3.05) is 0 Å². The predicted molar refractivity (Wildman–Crippen MR) is 50.8 cm³/mol. The number of benzene rings is 1. The number of nitrogens with zero attached hydrogens (tertiary/aromatic N) is 1. The topological polar surface area (TPSA) is 48.9 Å². The molecule has 0 bridgehead atoms. The predicted octanol–water partition coefficient (Wildman–Crippen LogP) is 2.27. The van der Waals surface area contributed by atoms with Gasteiger partial charge in [0, 0.05) is 6.20 Å². The Hall–Kier alpha value is -1.42. The Kier molecular flexibility index (Phi) is 2.23. The summed E-state index contributed by atoms with van der Waals surface area (Å²) in [6.45, 7) is 0. The number of nitrogens with one attached hydrogen (secondary N) is 1. The number of H-pyrrole nitrogens is 1. The van der Waals surface area contributed by atoms with Gasteiger partial charge in [0.15, 0.2) is 0 Å². The number of aromatic amines is 1. The van der Waals surface area contributed by atoms with Crippen molar-refractivity contribution < 1.29 is 5.11 Å². The van der Waals surface area contributed by atoms with Crippen LogP contribution in [0, 0.1) is 0 Å². The molecule has 66 valence electrons. The molecule has 0 amide bonds. The second-order valence-electron chi connectivity index (χ2n) is 2.50. The Morgan fingerprint density at radius 2 is 2.15 bits per heavy atom. The van der Waals surface area contributed by atoms with Crippen LogP contribution in [0.3, 0.4) is 0 Å². The van der Waals surface area contributed by atoms with Crippen LogP contribution >= 0.6 is 11.8 Å². The molecule has 2 rings (SSSR count). The van der Waals surface area contributed by atoms with Crippen LogP contribution < -0.4 is 0 Å². The van der Waals surface area contributed by atoms with Crippen LogP contribution in [0.4, 0.5) is 0 Å². The number of aromatic hydroxyl groups is 1. The zero-order chi connectivity index (χ0) is 9.10. The number of hydrogen-bond acceptors (Lipinski definition) is 3. The van der Waals surface area contributed by atoms with Crippen molar-refractivity contribution in [1.29, 1.82) is 0 Å². The molecule has 0 fully saturated rings. The van der Waals surface area contributed by atoms with Gasteiger partial charge in [-0.15, -0.1) is 0 Å². The van der Waals surface area contributed by atoms with Gasteiger partial charge in [0.1, 0.15) is 5.75 Å². The third kappa shape index (κ3) is 1.84. The molecule has 13 heavy (non-hydrogen) atoms. The minimum Gasteiger partial charge on any atom is -0.507 e. The molecule has 4 heteroatoms. The van der Waals surface area contributed by atoms with Crippen LogP contribution in [0.25, 0.3) is 0 Å². The second-order valence-corrected chi connectivity index (χ2v) is 3.62. The summed E-state index contributed by atoms with van der Waals surface area (Å²) in [4.78, 5) is 1.82. The van der Waals surface area contributed by atoms with Gasteiger partial charge in [-0.1, -0.05) is 23.9 Å². The molecule has 2 aromatic rings. The fourth-order valence-corrected chi connectivity index (χ4v) is 1.76. The van der Waals surface area contributed by atoms with Crippen LogP contribution in [0.5, 0.6) is 5.75 Å². The highest BCUT2D eigenvalue weighted by molar-refractivity contribution is 7.99. The SMILES string of the molecule is Oc1ccccc1Sc1cn[nH]c1. The summed E-state index contributed by atoms with van der Waals surface area (Å²) < 4.78 is 0. The quantitative estimate of drug-likeness (QED) is 0.767. The number of phenols is 1. The standard InChI is InChI=1S/C9H8N2OS/c12-8-3-1-2-4-9(8)13-7-5-10-11-6-7/h1-6,12H,(H,10,11). The van der Waals surface area contributed by atoms with E-state index < -0.39 is 0 Å². The molecule has 0 radical (unpaired) electrons. The van der Waals surface area contributed by atoms with E-state index >= 15 is 0 Å². The fraction of sp³-hybridized carbons (Fsp3) is 0. The Labute approximate surface area is 79.8 Å². The van der Waals surface area contributed by atoms with Gasteiger partial charge in [-0.25, -0.2) is 0 Å². The molecule has 0 atom stereocenters. The van der Waals surface area contributed by atoms with Crippen LogP contribution in [-0.4, -0.2) is 15.3 Å². The third-order valence-electron chi connectivity index (χ3n) is 1.57. The molecular weight excluding hydrogens is 184 g/mol. The van der Waals surface area contributed by atoms with Crippen molar-refractivity contribution in [1.82, 2.24) is 10.2 Å². The summed E-state index contributed by atoms with van der Waals surface area (Å²) in [5, 5.41) is 16.0. The zero-order valence-corrected chi connectivity index (χ0v) is 7.58. The lowest BCUT2D eigenvalue weighted by Gasteiger charge is -2.00. The molecule has 1 aromatic heterocycles. The second kappa shape index (κ2) is 3.53. The van der Waals surface area contributed by atoms with Gasteiger partial charge < -0.3 is 5.11 Å². The summed E-state index contributed by atoms with van der Waals surface area (Å²) in [6.07, 6.45) is 3.51. The summed E-state index contributed by atoms with van der Waals surface area (Å²) in [6, 6.07) is 7.23. The minimum atomic E-state index is 0.300. The monoisotopic (exact) mass is 192 g/mol. The Morgan fingerprint density at radius 1 is 1.31 bits per heavy atom. The van der Waals surface area contributed by atoms with Gasteiger partial charge in [-0.05, 0) is 12.1 Å². The van der Waals surface area contributed by atoms with Gasteiger partial charge in [-0.2, -0.15) is 5.10 Å². The molecule has 0 saturated carbocycles. The van der Waals surface area contributed by atoms with Crippen molar-refractivity contribution in [2.45, 2.75) is 9.79 Å². The van der Waals surface area contributed by atoms with Gasteiger partial charge in [-0.3, -0.25) is 5.10 Å². The Balaban J connectivity index is 2.24. The maximum absolute atomic E-state index is 9.46. The highest BCUT2D eigenvalue weighted by atomic mass is 32.2. The van der Waals surface area contributed by atoms with E-state index in [1.165, 1.54) is 11.8 Å². The molecule has 0 aliphatic heterocycles. The molecule has 3 nitrogen and oxygen atoms in total. The van der Waals surface area contributed by atoms with Gasteiger partial charge in [0.25, 0.3) is 0 Å². The smallest absolute Gasteiger partial charge is 0.129 e. The van der Waals surface area contributed by atoms with E-state index in [0.717, 1.165) is 9.79 Å². The largest absolute Gasteiger partial charge is 0.507 e. The minimum absolute atomic E-state index is 0.300. The van der Waals surface area contributed by atoms with Gasteiger partial charge in [0.2, 0.25) is 0 Å². The van der Waals surface area contributed by atoms with Crippen LogP contribution in [0.2, 0.25) is 0 Å². The molecule has 1 heterocycles. The van der Waals surface area contributed by atoms with Crippen molar-refractivity contribution in [3.63, 3.8) is 0 Å². The number of para-hydroxylation sites is 1. The van der Waals surface area contributed by atoms with E-state index in [1.807, 2.05) is 12.1 Å².